The van der Waals surface area contributed by atoms with Gasteiger partial charge in [0.2, 0.25) is 0 Å². The van der Waals surface area contributed by atoms with Gasteiger partial charge >= 0.3 is 14.5 Å². The molecule has 0 N–H and O–H groups in total. The summed E-state index contributed by atoms with van der Waals surface area (Å²) >= 11 is 0. The molecule has 0 aromatic heterocycles. The largest absolute Gasteiger partial charge is 0.460 e. The van der Waals surface area contributed by atoms with Crippen LogP contribution in [0.25, 0.3) is 0 Å². The number of ketones is 1. The van der Waals surface area contributed by atoms with Crippen molar-refractivity contribution < 1.29 is 23.2 Å². The zero-order chi connectivity index (χ0) is 32.3. The first-order valence-electron chi connectivity index (χ1n) is 14.1. The molecule has 0 amide bonds. The second-order valence-electron chi connectivity index (χ2n) is 16.6. The minimum absolute atomic E-state index is 0.00891. The first kappa shape index (κ1) is 43.4. The van der Waals surface area contributed by atoms with Crippen molar-refractivity contribution in [3.63, 3.8) is 0 Å². The minimum atomic E-state index is -1.97. The highest BCUT2D eigenvalue weighted by molar-refractivity contribution is 8.77. The summed E-state index contributed by atoms with van der Waals surface area (Å²) in [6, 6.07) is 0. The van der Waals surface area contributed by atoms with Crippen LogP contribution in [0.4, 0.5) is 0 Å². The Morgan fingerprint density at radius 1 is 0.564 bits per heavy atom. The normalized spacial score (nSPS) is 13.5. The third-order valence-corrected chi connectivity index (χ3v) is 9.94. The Balaban J connectivity index is -0.000000513. The second-order valence-corrected chi connectivity index (χ2v) is 23.6. The first-order valence-corrected chi connectivity index (χ1v) is 19.1. The van der Waals surface area contributed by atoms with Gasteiger partial charge in [0, 0.05) is 22.3 Å². The molecule has 0 aliphatic heterocycles. The van der Waals surface area contributed by atoms with E-state index in [1.54, 1.807) is 0 Å². The van der Waals surface area contributed by atoms with Crippen LogP contribution in [0.2, 0.25) is 13.1 Å². The molecule has 0 aromatic carbocycles. The fourth-order valence-electron chi connectivity index (χ4n) is 3.06. The van der Waals surface area contributed by atoms with Crippen LogP contribution in [0.15, 0.2) is 0 Å². The maximum absolute atomic E-state index is 11.5. The average molecular weight is 611 g/mol. The van der Waals surface area contributed by atoms with Crippen molar-refractivity contribution in [1.29, 1.82) is 0 Å². The Bertz CT molecular complexity index is 648. The van der Waals surface area contributed by atoms with E-state index in [-0.39, 0.29) is 41.2 Å². The van der Waals surface area contributed by atoms with Gasteiger partial charge < -0.3 is 13.6 Å². The summed E-state index contributed by atoms with van der Waals surface area (Å²) in [5.74, 6) is -0.173. The highest BCUT2D eigenvalue weighted by Crippen LogP contribution is 2.42. The van der Waals surface area contributed by atoms with Gasteiger partial charge in [0.1, 0.15) is 11.4 Å². The highest BCUT2D eigenvalue weighted by Gasteiger charge is 2.34. The molecule has 0 fully saturated rings. The standard InChI is InChI=1S/C13H24O3.C10H24O2Si.C8H18S2/c1-12(2,3)9-10(14)7-8-11(15)16-13(4,5)6;1-9(2,3)11-13(7,8)12-10(4,5)6;1-7(2,3)9-10-8(4,5)6/h7-9H2,1-6H3;1-8H3;1-6H3. The molecule has 0 rings (SSSR count). The van der Waals surface area contributed by atoms with Gasteiger partial charge in [0.25, 0.3) is 0 Å². The second kappa shape index (κ2) is 16.6. The number of ether oxygens (including phenoxy) is 1. The van der Waals surface area contributed by atoms with Crippen molar-refractivity contribution in [1.82, 2.24) is 0 Å². The lowest BCUT2D eigenvalue weighted by Crippen LogP contribution is -2.46. The van der Waals surface area contributed by atoms with E-state index in [1.165, 1.54) is 0 Å². The molecule has 5 nitrogen and oxygen atoms in total. The molecule has 0 aliphatic rings. The number of hydrogen-bond acceptors (Lipinski definition) is 7. The van der Waals surface area contributed by atoms with Crippen LogP contribution in [0.1, 0.15) is 144 Å². The van der Waals surface area contributed by atoms with Gasteiger partial charge in [-0.05, 0) is 80.8 Å². The van der Waals surface area contributed by atoms with Crippen LogP contribution in [-0.4, -0.2) is 46.6 Å². The van der Waals surface area contributed by atoms with E-state index in [2.05, 4.69) is 96.2 Å². The topological polar surface area (TPSA) is 61.8 Å². The van der Waals surface area contributed by atoms with E-state index in [9.17, 15) is 9.59 Å². The number of carbonyl (C=O) groups is 2. The average Bonchev–Trinajstić information content (AvgIpc) is 2.50. The zero-order valence-electron chi connectivity index (χ0n) is 29.5. The van der Waals surface area contributed by atoms with Crippen molar-refractivity contribution in [2.75, 3.05) is 0 Å². The lowest BCUT2D eigenvalue weighted by molar-refractivity contribution is -0.155. The fraction of sp³-hybridized carbons (Fsp3) is 0.935. The van der Waals surface area contributed by atoms with Crippen molar-refractivity contribution in [2.24, 2.45) is 5.41 Å². The Morgan fingerprint density at radius 3 is 1.13 bits per heavy atom. The lowest BCUT2D eigenvalue weighted by atomic mass is 9.89. The lowest BCUT2D eigenvalue weighted by Gasteiger charge is -2.36. The molecule has 0 atom stereocenters. The van der Waals surface area contributed by atoms with Crippen LogP contribution in [0.5, 0.6) is 0 Å². The summed E-state index contributed by atoms with van der Waals surface area (Å²) in [5, 5.41) is 0. The molecule has 236 valence electrons. The van der Waals surface area contributed by atoms with Crippen LogP contribution < -0.4 is 0 Å². The number of carbonyl (C=O) groups excluding carboxylic acids is 2. The number of rotatable bonds is 7. The summed E-state index contributed by atoms with van der Waals surface area (Å²) < 4.78 is 17.7. The third kappa shape index (κ3) is 42.6. The summed E-state index contributed by atoms with van der Waals surface area (Å²) in [5.41, 5.74) is -0.697. The molecule has 0 unspecified atom stereocenters. The predicted octanol–water partition coefficient (Wildman–Crippen LogP) is 10.4. The van der Waals surface area contributed by atoms with Crippen molar-refractivity contribution in [2.45, 2.75) is 183 Å². The van der Waals surface area contributed by atoms with E-state index in [4.69, 9.17) is 13.6 Å². The molecule has 0 heterocycles. The maximum Gasteiger partial charge on any atom is 0.332 e. The zero-order valence-corrected chi connectivity index (χ0v) is 32.1. The van der Waals surface area contributed by atoms with E-state index < -0.39 is 14.2 Å². The van der Waals surface area contributed by atoms with E-state index >= 15 is 0 Å². The van der Waals surface area contributed by atoms with Crippen molar-refractivity contribution in [3.05, 3.63) is 0 Å². The quantitative estimate of drug-likeness (QED) is 0.161. The fourth-order valence-corrected chi connectivity index (χ4v) is 8.05. The van der Waals surface area contributed by atoms with Crippen LogP contribution >= 0.6 is 21.6 Å². The summed E-state index contributed by atoms with van der Waals surface area (Å²) in [4.78, 5) is 22.9. The van der Waals surface area contributed by atoms with Crippen molar-refractivity contribution in [3.8, 4) is 0 Å². The van der Waals surface area contributed by atoms with E-state index in [1.807, 2.05) is 63.1 Å². The predicted molar refractivity (Wildman–Crippen MR) is 178 cm³/mol. The van der Waals surface area contributed by atoms with Gasteiger partial charge in [0.15, 0.2) is 0 Å². The molecule has 0 radical (unpaired) electrons. The molecule has 0 saturated carbocycles. The first-order chi connectivity index (χ1) is 16.6. The SMILES string of the molecule is CC(C)(C)CC(=O)CCC(=O)OC(C)(C)C.CC(C)(C)O[Si](C)(C)OC(C)(C)C.CC(C)(C)SSC(C)(C)C. The molecular weight excluding hydrogens is 545 g/mol. The van der Waals surface area contributed by atoms with Crippen LogP contribution in [0.3, 0.4) is 0 Å². The molecule has 39 heavy (non-hydrogen) atoms. The van der Waals surface area contributed by atoms with E-state index in [0.29, 0.717) is 15.9 Å². The smallest absolute Gasteiger partial charge is 0.332 e. The molecule has 8 heteroatoms. The highest BCUT2D eigenvalue weighted by atomic mass is 33.1. The number of hydrogen-bond donors (Lipinski definition) is 0. The van der Waals surface area contributed by atoms with Crippen molar-refractivity contribution >= 4 is 41.9 Å². The van der Waals surface area contributed by atoms with E-state index in [0.717, 1.165) is 0 Å². The molecule has 0 aromatic rings. The Morgan fingerprint density at radius 2 is 0.897 bits per heavy atom. The van der Waals surface area contributed by atoms with Gasteiger partial charge in [-0.3, -0.25) is 9.59 Å². The Kier molecular flexibility index (Phi) is 18.5. The van der Waals surface area contributed by atoms with Gasteiger partial charge in [-0.15, -0.1) is 0 Å². The Labute approximate surface area is 253 Å². The summed E-state index contributed by atoms with van der Waals surface area (Å²) in [6.45, 7) is 41.5. The van der Waals surface area contributed by atoms with Gasteiger partial charge in [-0.2, -0.15) is 0 Å². The van der Waals surface area contributed by atoms with Gasteiger partial charge in [-0.25, -0.2) is 0 Å². The number of Topliss-reactive ketones (excluding diaryl/α,β-unsaturated/α-hetero) is 1. The van der Waals surface area contributed by atoms with Gasteiger partial charge in [0.05, 0.1) is 17.6 Å². The van der Waals surface area contributed by atoms with Gasteiger partial charge in [-0.1, -0.05) is 83.9 Å². The monoisotopic (exact) mass is 610 g/mol. The Hall–Kier alpha value is -0.0231. The summed E-state index contributed by atoms with van der Waals surface area (Å²) in [7, 11) is 1.94. The molecule has 0 spiro atoms. The molecular formula is C31H66O5S2Si. The summed E-state index contributed by atoms with van der Waals surface area (Å²) in [6.07, 6.45) is 0.980. The minimum Gasteiger partial charge on any atom is -0.460 e. The maximum atomic E-state index is 11.5. The molecule has 0 saturated heterocycles. The molecule has 0 bridgehead atoms. The molecule has 0 aliphatic carbocycles. The third-order valence-electron chi connectivity index (χ3n) is 3.40. The van der Waals surface area contributed by atoms with Crippen LogP contribution in [-0.2, 0) is 23.2 Å². The number of esters is 1. The van der Waals surface area contributed by atoms with Crippen LogP contribution in [0, 0.1) is 5.41 Å².